The van der Waals surface area contributed by atoms with Crippen LogP contribution >= 0.6 is 11.6 Å². The Kier molecular flexibility index (Phi) is 5.81. The smallest absolute Gasteiger partial charge is 0.276 e. The topological polar surface area (TPSA) is 55.6 Å². The Morgan fingerprint density at radius 2 is 2.07 bits per heavy atom. The Labute approximate surface area is 173 Å². The molecule has 4 rings (SSSR count). The van der Waals surface area contributed by atoms with Crippen LogP contribution in [0.4, 0.5) is 4.39 Å². The molecule has 150 valence electrons. The number of piperidine rings is 1. The maximum absolute atomic E-state index is 13.1. The van der Waals surface area contributed by atoms with Gasteiger partial charge in [0.25, 0.3) is 5.91 Å². The van der Waals surface area contributed by atoms with E-state index >= 15 is 0 Å². The fraction of sp³-hybridized carbons (Fsp3) is 0.273. The average molecular weight is 415 g/mol. The number of rotatable bonds is 5. The number of likely N-dealkylation sites (tertiary alicyclic amines) is 1. The molecular weight excluding hydrogens is 395 g/mol. The van der Waals surface area contributed by atoms with Crippen molar-refractivity contribution in [1.82, 2.24) is 10.1 Å². The molecule has 1 amide bonds. The van der Waals surface area contributed by atoms with Crippen LogP contribution in [-0.4, -0.2) is 29.1 Å². The molecule has 0 N–H and O–H groups in total. The van der Waals surface area contributed by atoms with Gasteiger partial charge in [0, 0.05) is 25.1 Å². The summed E-state index contributed by atoms with van der Waals surface area (Å²) >= 11 is 5.95. The zero-order chi connectivity index (χ0) is 20.2. The number of amides is 1. The molecule has 0 unspecified atom stereocenters. The van der Waals surface area contributed by atoms with Crippen LogP contribution in [0.5, 0.6) is 5.75 Å². The molecule has 0 radical (unpaired) electrons. The summed E-state index contributed by atoms with van der Waals surface area (Å²) in [4.78, 5) is 14.7. The number of carbonyl (C=O) groups excluding carboxylic acids is 1. The van der Waals surface area contributed by atoms with Crippen LogP contribution in [0.15, 0.2) is 59.1 Å². The molecule has 1 fully saturated rings. The fourth-order valence-corrected chi connectivity index (χ4v) is 3.77. The molecule has 2 aromatic carbocycles. The van der Waals surface area contributed by atoms with E-state index in [1.807, 2.05) is 23.1 Å². The van der Waals surface area contributed by atoms with E-state index in [2.05, 4.69) is 17.3 Å². The second-order valence-electron chi connectivity index (χ2n) is 7.04. The molecule has 1 atom stereocenters. The van der Waals surface area contributed by atoms with Gasteiger partial charge in [0.2, 0.25) is 0 Å². The van der Waals surface area contributed by atoms with Crippen LogP contribution in [0.25, 0.3) is 0 Å². The summed E-state index contributed by atoms with van der Waals surface area (Å²) in [6.45, 7) is 1.40. The van der Waals surface area contributed by atoms with Gasteiger partial charge in [-0.25, -0.2) is 4.39 Å². The second-order valence-corrected chi connectivity index (χ2v) is 7.45. The number of carbonyl (C=O) groups is 1. The molecule has 7 heteroatoms. The summed E-state index contributed by atoms with van der Waals surface area (Å²) < 4.78 is 23.9. The van der Waals surface area contributed by atoms with Crippen LogP contribution in [0.2, 0.25) is 5.02 Å². The summed E-state index contributed by atoms with van der Waals surface area (Å²) in [6, 6.07) is 15.7. The SMILES string of the molecule is O=C(c1cc(COc2ccc(F)cc2Cl)on1)N1CCC[C@@H](c2ccccc2)C1. The van der Waals surface area contributed by atoms with Gasteiger partial charge in [0.1, 0.15) is 18.2 Å². The first kappa shape index (κ1) is 19.5. The van der Waals surface area contributed by atoms with Gasteiger partial charge in [-0.05, 0) is 36.6 Å². The van der Waals surface area contributed by atoms with Gasteiger partial charge in [-0.1, -0.05) is 47.1 Å². The van der Waals surface area contributed by atoms with Crippen molar-refractivity contribution in [3.05, 3.63) is 82.5 Å². The van der Waals surface area contributed by atoms with Crippen molar-refractivity contribution in [1.29, 1.82) is 0 Å². The fourth-order valence-electron chi connectivity index (χ4n) is 3.54. The number of benzene rings is 2. The Balaban J connectivity index is 1.39. The molecule has 2 heterocycles. The van der Waals surface area contributed by atoms with Crippen LogP contribution < -0.4 is 4.74 Å². The van der Waals surface area contributed by atoms with Crippen molar-refractivity contribution in [2.75, 3.05) is 13.1 Å². The molecule has 0 bridgehead atoms. The average Bonchev–Trinajstić information content (AvgIpc) is 3.22. The van der Waals surface area contributed by atoms with Crippen molar-refractivity contribution in [2.45, 2.75) is 25.4 Å². The highest BCUT2D eigenvalue weighted by Crippen LogP contribution is 2.28. The number of hydrogen-bond donors (Lipinski definition) is 0. The number of hydrogen-bond acceptors (Lipinski definition) is 4. The highest BCUT2D eigenvalue weighted by Gasteiger charge is 2.27. The van der Waals surface area contributed by atoms with E-state index in [0.717, 1.165) is 12.8 Å². The first-order chi connectivity index (χ1) is 14.1. The normalized spacial score (nSPS) is 16.6. The lowest BCUT2D eigenvalue weighted by molar-refractivity contribution is 0.0696. The summed E-state index contributed by atoms with van der Waals surface area (Å²) in [6.07, 6.45) is 2.01. The van der Waals surface area contributed by atoms with Crippen molar-refractivity contribution >= 4 is 17.5 Å². The van der Waals surface area contributed by atoms with Gasteiger partial charge < -0.3 is 14.2 Å². The minimum absolute atomic E-state index is 0.0400. The highest BCUT2D eigenvalue weighted by atomic mass is 35.5. The lowest BCUT2D eigenvalue weighted by atomic mass is 9.90. The predicted octanol–water partition coefficient (Wildman–Crippen LogP) is 5.07. The van der Waals surface area contributed by atoms with E-state index in [1.54, 1.807) is 6.07 Å². The van der Waals surface area contributed by atoms with Gasteiger partial charge in [0.15, 0.2) is 11.5 Å². The van der Waals surface area contributed by atoms with E-state index in [4.69, 9.17) is 20.9 Å². The maximum Gasteiger partial charge on any atom is 0.276 e. The summed E-state index contributed by atoms with van der Waals surface area (Å²) in [7, 11) is 0. The second kappa shape index (κ2) is 8.66. The molecule has 0 spiro atoms. The van der Waals surface area contributed by atoms with E-state index in [-0.39, 0.29) is 23.2 Å². The third-order valence-electron chi connectivity index (χ3n) is 5.02. The molecule has 1 aliphatic heterocycles. The van der Waals surface area contributed by atoms with Crippen molar-refractivity contribution in [2.24, 2.45) is 0 Å². The lowest BCUT2D eigenvalue weighted by Crippen LogP contribution is -2.39. The van der Waals surface area contributed by atoms with Gasteiger partial charge >= 0.3 is 0 Å². The Morgan fingerprint density at radius 3 is 2.86 bits per heavy atom. The maximum atomic E-state index is 13.1. The van der Waals surface area contributed by atoms with E-state index in [9.17, 15) is 9.18 Å². The van der Waals surface area contributed by atoms with Gasteiger partial charge in [0.05, 0.1) is 5.02 Å². The quantitative estimate of drug-likeness (QED) is 0.585. The number of halogens is 2. The molecule has 0 saturated carbocycles. The van der Waals surface area contributed by atoms with Crippen LogP contribution in [-0.2, 0) is 6.61 Å². The first-order valence-electron chi connectivity index (χ1n) is 9.48. The Morgan fingerprint density at radius 1 is 1.24 bits per heavy atom. The molecular formula is C22H20ClFN2O3. The molecule has 29 heavy (non-hydrogen) atoms. The van der Waals surface area contributed by atoms with Gasteiger partial charge in [-0.2, -0.15) is 0 Å². The van der Waals surface area contributed by atoms with Crippen molar-refractivity contribution < 1.29 is 18.4 Å². The standard InChI is InChI=1S/C22H20ClFN2O3/c23-19-11-17(24)8-9-21(19)28-14-18-12-20(25-29-18)22(27)26-10-4-7-16(13-26)15-5-2-1-3-6-15/h1-3,5-6,8-9,11-12,16H,4,7,10,13-14H2/t16-/m1/s1. The molecule has 3 aromatic rings. The third kappa shape index (κ3) is 4.59. The lowest BCUT2D eigenvalue weighted by Gasteiger charge is -2.32. The minimum atomic E-state index is -0.440. The Hall–Kier alpha value is -2.86. The third-order valence-corrected chi connectivity index (χ3v) is 5.32. The zero-order valence-corrected chi connectivity index (χ0v) is 16.4. The Bertz CT molecular complexity index is 993. The van der Waals surface area contributed by atoms with Crippen molar-refractivity contribution in [3.63, 3.8) is 0 Å². The van der Waals surface area contributed by atoms with E-state index in [0.29, 0.717) is 30.5 Å². The van der Waals surface area contributed by atoms with Crippen LogP contribution in [0.3, 0.4) is 0 Å². The first-order valence-corrected chi connectivity index (χ1v) is 9.85. The summed E-state index contributed by atoms with van der Waals surface area (Å²) in [5, 5.41) is 4.07. The van der Waals surface area contributed by atoms with Gasteiger partial charge in [-0.3, -0.25) is 4.79 Å². The molecule has 1 saturated heterocycles. The number of nitrogens with zero attached hydrogens (tertiary/aromatic N) is 2. The zero-order valence-electron chi connectivity index (χ0n) is 15.7. The number of aromatic nitrogens is 1. The van der Waals surface area contributed by atoms with E-state index < -0.39 is 5.82 Å². The molecule has 0 aliphatic carbocycles. The summed E-state index contributed by atoms with van der Waals surface area (Å²) in [5.41, 5.74) is 1.50. The highest BCUT2D eigenvalue weighted by molar-refractivity contribution is 6.32. The van der Waals surface area contributed by atoms with Crippen molar-refractivity contribution in [3.8, 4) is 5.75 Å². The largest absolute Gasteiger partial charge is 0.484 e. The predicted molar refractivity (Wildman–Crippen MR) is 107 cm³/mol. The summed E-state index contributed by atoms with van der Waals surface area (Å²) in [5.74, 6) is 0.458. The minimum Gasteiger partial charge on any atom is -0.484 e. The van der Waals surface area contributed by atoms with Gasteiger partial charge in [-0.15, -0.1) is 0 Å². The monoisotopic (exact) mass is 414 g/mol. The van der Waals surface area contributed by atoms with Crippen LogP contribution in [0, 0.1) is 5.82 Å². The van der Waals surface area contributed by atoms with E-state index in [1.165, 1.54) is 23.8 Å². The molecule has 1 aliphatic rings. The molecule has 1 aromatic heterocycles. The molecule has 5 nitrogen and oxygen atoms in total. The van der Waals surface area contributed by atoms with Crippen LogP contribution in [0.1, 0.15) is 40.6 Å². The number of ether oxygens (including phenoxy) is 1.